The Morgan fingerprint density at radius 2 is 1.68 bits per heavy atom. The molecule has 1 nitrogen and oxygen atoms in total. The third kappa shape index (κ3) is 3.17. The van der Waals surface area contributed by atoms with Crippen LogP contribution in [0.15, 0.2) is 30.3 Å². The maximum Gasteiger partial charge on any atom is 0.182 e. The summed E-state index contributed by atoms with van der Waals surface area (Å²) in [5.74, 6) is -3.87. The number of hydrogen-bond donors (Lipinski definition) is 1. The molecular weight excluding hydrogens is 282 g/mol. The molecule has 1 N–H and O–H groups in total. The van der Waals surface area contributed by atoms with E-state index in [2.05, 4.69) is 5.32 Å². The number of benzene rings is 2. The van der Waals surface area contributed by atoms with E-state index in [1.807, 2.05) is 0 Å². The van der Waals surface area contributed by atoms with Crippen molar-refractivity contribution in [2.75, 3.05) is 5.32 Å². The second kappa shape index (κ2) is 5.48. The zero-order valence-corrected chi connectivity index (χ0v) is 10.2. The molecule has 0 bridgehead atoms. The molecule has 0 aliphatic rings. The van der Waals surface area contributed by atoms with E-state index in [1.165, 1.54) is 12.1 Å². The number of hydrogen-bond acceptors (Lipinski definition) is 1. The lowest BCUT2D eigenvalue weighted by molar-refractivity contribution is 0.497. The van der Waals surface area contributed by atoms with Crippen LogP contribution in [0.4, 0.5) is 23.2 Å². The molecule has 0 unspecified atom stereocenters. The molecule has 0 radical (unpaired) electrons. The minimum Gasteiger partial charge on any atom is -0.378 e. The lowest BCUT2D eigenvalue weighted by Crippen LogP contribution is -2.04. The van der Waals surface area contributed by atoms with E-state index in [0.29, 0.717) is 11.6 Å². The first-order chi connectivity index (χ1) is 8.97. The van der Waals surface area contributed by atoms with Gasteiger partial charge in [0, 0.05) is 23.7 Å². The lowest BCUT2D eigenvalue weighted by Gasteiger charge is -2.09. The Morgan fingerprint density at radius 3 is 2.37 bits per heavy atom. The SMILES string of the molecule is Fc1ccc(CNc2cc(F)cc(F)c2F)c(Cl)c1. The Morgan fingerprint density at radius 1 is 0.947 bits per heavy atom. The molecular formula is C13H8ClF4N. The number of nitrogens with one attached hydrogen (secondary N) is 1. The molecule has 0 spiro atoms. The van der Waals surface area contributed by atoms with Gasteiger partial charge in [0.1, 0.15) is 11.6 Å². The molecule has 0 aliphatic carbocycles. The van der Waals surface area contributed by atoms with Crippen molar-refractivity contribution in [3.63, 3.8) is 0 Å². The van der Waals surface area contributed by atoms with E-state index in [1.54, 1.807) is 0 Å². The molecule has 0 atom stereocenters. The van der Waals surface area contributed by atoms with Crippen LogP contribution in [-0.2, 0) is 6.54 Å². The van der Waals surface area contributed by atoms with Gasteiger partial charge in [0.2, 0.25) is 0 Å². The minimum absolute atomic E-state index is 0.0128. The predicted octanol–water partition coefficient (Wildman–Crippen LogP) is 4.51. The number of rotatable bonds is 3. The van der Waals surface area contributed by atoms with Gasteiger partial charge in [-0.15, -0.1) is 0 Å². The van der Waals surface area contributed by atoms with Crippen molar-refractivity contribution >= 4 is 17.3 Å². The van der Waals surface area contributed by atoms with Crippen LogP contribution < -0.4 is 5.32 Å². The molecule has 0 aliphatic heterocycles. The van der Waals surface area contributed by atoms with Crippen LogP contribution in [0, 0.1) is 23.3 Å². The van der Waals surface area contributed by atoms with E-state index < -0.39 is 23.3 Å². The van der Waals surface area contributed by atoms with Crippen LogP contribution in [0.25, 0.3) is 0 Å². The van der Waals surface area contributed by atoms with Crippen molar-refractivity contribution in [1.29, 1.82) is 0 Å². The van der Waals surface area contributed by atoms with Gasteiger partial charge in [-0.25, -0.2) is 17.6 Å². The van der Waals surface area contributed by atoms with Crippen molar-refractivity contribution in [3.8, 4) is 0 Å². The van der Waals surface area contributed by atoms with Crippen molar-refractivity contribution in [1.82, 2.24) is 0 Å². The molecule has 2 aromatic rings. The van der Waals surface area contributed by atoms with Crippen LogP contribution in [0.2, 0.25) is 5.02 Å². The van der Waals surface area contributed by atoms with Crippen LogP contribution in [0.5, 0.6) is 0 Å². The van der Waals surface area contributed by atoms with Gasteiger partial charge in [0.05, 0.1) is 5.69 Å². The fraction of sp³-hybridized carbons (Fsp3) is 0.0769. The maximum absolute atomic E-state index is 13.4. The highest BCUT2D eigenvalue weighted by Crippen LogP contribution is 2.22. The Labute approximate surface area is 111 Å². The smallest absolute Gasteiger partial charge is 0.182 e. The number of halogens is 5. The van der Waals surface area contributed by atoms with E-state index >= 15 is 0 Å². The standard InChI is InChI=1S/C13H8ClF4N/c14-10-3-8(15)2-1-7(10)6-19-12-5-9(16)4-11(17)13(12)18/h1-5,19H,6H2. The summed E-state index contributed by atoms with van der Waals surface area (Å²) in [6.07, 6.45) is 0. The highest BCUT2D eigenvalue weighted by Gasteiger charge is 2.11. The van der Waals surface area contributed by atoms with E-state index in [0.717, 1.165) is 12.1 Å². The molecule has 2 aromatic carbocycles. The lowest BCUT2D eigenvalue weighted by atomic mass is 10.2. The van der Waals surface area contributed by atoms with Crippen LogP contribution >= 0.6 is 11.6 Å². The van der Waals surface area contributed by atoms with Gasteiger partial charge in [0.25, 0.3) is 0 Å². The second-order valence-electron chi connectivity index (χ2n) is 3.84. The van der Waals surface area contributed by atoms with Crippen molar-refractivity contribution in [3.05, 3.63) is 64.2 Å². The van der Waals surface area contributed by atoms with Gasteiger partial charge in [-0.3, -0.25) is 0 Å². The average molecular weight is 290 g/mol. The van der Waals surface area contributed by atoms with Crippen molar-refractivity contribution in [2.45, 2.75) is 6.54 Å². The van der Waals surface area contributed by atoms with Gasteiger partial charge in [-0.05, 0) is 17.7 Å². The van der Waals surface area contributed by atoms with Gasteiger partial charge in [-0.1, -0.05) is 17.7 Å². The third-order valence-corrected chi connectivity index (χ3v) is 2.83. The monoisotopic (exact) mass is 289 g/mol. The van der Waals surface area contributed by atoms with E-state index in [4.69, 9.17) is 11.6 Å². The number of anilines is 1. The quantitative estimate of drug-likeness (QED) is 0.647. The van der Waals surface area contributed by atoms with Crippen molar-refractivity contribution in [2.24, 2.45) is 0 Å². The summed E-state index contributed by atoms with van der Waals surface area (Å²) in [5, 5.41) is 2.65. The maximum atomic E-state index is 13.4. The minimum atomic E-state index is -1.28. The molecule has 0 amide bonds. The van der Waals surface area contributed by atoms with Crippen LogP contribution in [0.3, 0.4) is 0 Å². The Balaban J connectivity index is 2.19. The Hall–Kier alpha value is -1.75. The molecule has 0 aromatic heterocycles. The highest BCUT2D eigenvalue weighted by atomic mass is 35.5. The van der Waals surface area contributed by atoms with Gasteiger partial charge in [-0.2, -0.15) is 0 Å². The first-order valence-electron chi connectivity index (χ1n) is 5.29. The summed E-state index contributed by atoms with van der Waals surface area (Å²) in [5.41, 5.74) is 0.157. The first kappa shape index (κ1) is 13.7. The summed E-state index contributed by atoms with van der Waals surface area (Å²) in [4.78, 5) is 0. The largest absolute Gasteiger partial charge is 0.378 e. The molecule has 0 saturated heterocycles. The summed E-state index contributed by atoms with van der Waals surface area (Å²) in [6.45, 7) is 0.0128. The van der Waals surface area contributed by atoms with E-state index in [9.17, 15) is 17.6 Å². The first-order valence-corrected chi connectivity index (χ1v) is 5.67. The predicted molar refractivity (Wildman–Crippen MR) is 65.1 cm³/mol. The summed E-state index contributed by atoms with van der Waals surface area (Å²) < 4.78 is 52.1. The van der Waals surface area contributed by atoms with Gasteiger partial charge in [0.15, 0.2) is 11.6 Å². The second-order valence-corrected chi connectivity index (χ2v) is 4.25. The Bertz CT molecular complexity index is 616. The molecule has 2 rings (SSSR count). The third-order valence-electron chi connectivity index (χ3n) is 2.48. The van der Waals surface area contributed by atoms with Gasteiger partial charge < -0.3 is 5.32 Å². The topological polar surface area (TPSA) is 12.0 Å². The fourth-order valence-electron chi connectivity index (χ4n) is 1.54. The van der Waals surface area contributed by atoms with E-state index in [-0.39, 0.29) is 17.3 Å². The normalized spacial score (nSPS) is 10.6. The fourth-order valence-corrected chi connectivity index (χ4v) is 1.77. The van der Waals surface area contributed by atoms with Gasteiger partial charge >= 0.3 is 0 Å². The molecule has 19 heavy (non-hydrogen) atoms. The highest BCUT2D eigenvalue weighted by molar-refractivity contribution is 6.31. The summed E-state index contributed by atoms with van der Waals surface area (Å²) >= 11 is 5.78. The average Bonchev–Trinajstić information content (AvgIpc) is 2.33. The van der Waals surface area contributed by atoms with Crippen LogP contribution in [0.1, 0.15) is 5.56 Å². The molecule has 6 heteroatoms. The van der Waals surface area contributed by atoms with Crippen molar-refractivity contribution < 1.29 is 17.6 Å². The van der Waals surface area contributed by atoms with Crippen LogP contribution in [-0.4, -0.2) is 0 Å². The molecule has 100 valence electrons. The Kier molecular flexibility index (Phi) is 3.95. The molecule has 0 saturated carbocycles. The zero-order valence-electron chi connectivity index (χ0n) is 9.48. The zero-order chi connectivity index (χ0) is 14.0. The molecule has 0 heterocycles. The molecule has 0 fully saturated rings. The summed E-state index contributed by atoms with van der Waals surface area (Å²) in [6, 6.07) is 4.96. The summed E-state index contributed by atoms with van der Waals surface area (Å²) in [7, 11) is 0.